The van der Waals surface area contributed by atoms with E-state index in [1.165, 1.54) is 4.90 Å². The van der Waals surface area contributed by atoms with Crippen molar-refractivity contribution in [3.05, 3.63) is 89.5 Å². The zero-order valence-corrected chi connectivity index (χ0v) is 26.7. The number of fused-ring (bicyclic) bond motifs is 2. The van der Waals surface area contributed by atoms with E-state index < -0.39 is 53.6 Å². The van der Waals surface area contributed by atoms with Gasteiger partial charge in [-0.25, -0.2) is 0 Å². The molecule has 2 aromatic rings. The van der Waals surface area contributed by atoms with E-state index in [1.54, 1.807) is 35.1 Å². The molecule has 2 aromatic carbocycles. The van der Waals surface area contributed by atoms with Gasteiger partial charge in [0.15, 0.2) is 0 Å². The van der Waals surface area contributed by atoms with Crippen LogP contribution in [0.4, 0.5) is 5.69 Å². The number of amides is 3. The maximum absolute atomic E-state index is 14.6. The van der Waals surface area contributed by atoms with Gasteiger partial charge < -0.3 is 29.3 Å². The zero-order chi connectivity index (χ0) is 32.7. The van der Waals surface area contributed by atoms with E-state index in [9.17, 15) is 24.3 Å². The molecule has 0 saturated carbocycles. The molecule has 4 heterocycles. The fraction of sp³-hybridized carbons (Fsp3) is 0.444. The molecule has 7 atom stereocenters. The van der Waals surface area contributed by atoms with Crippen molar-refractivity contribution in [3.8, 4) is 0 Å². The van der Waals surface area contributed by atoms with Crippen molar-refractivity contribution < 1.29 is 33.8 Å². The van der Waals surface area contributed by atoms with Crippen LogP contribution in [-0.4, -0.2) is 89.1 Å². The molecule has 1 N–H and O–H groups in total. The van der Waals surface area contributed by atoms with Crippen molar-refractivity contribution in [3.63, 3.8) is 0 Å². The van der Waals surface area contributed by atoms with Crippen molar-refractivity contribution in [1.29, 1.82) is 0 Å². The first-order valence-corrected chi connectivity index (χ1v) is 15.9. The Kier molecular flexibility index (Phi) is 8.60. The summed E-state index contributed by atoms with van der Waals surface area (Å²) < 4.78 is 13.0. The number of ether oxygens (including phenoxy) is 2. The van der Waals surface area contributed by atoms with Crippen molar-refractivity contribution in [2.45, 2.75) is 63.5 Å². The Labute approximate surface area is 269 Å². The minimum atomic E-state index is -1.48. The predicted molar refractivity (Wildman–Crippen MR) is 170 cm³/mol. The molecule has 242 valence electrons. The number of carbonyl (C=O) groups is 4. The molecule has 0 unspecified atom stereocenters. The Bertz CT molecular complexity index is 1570. The van der Waals surface area contributed by atoms with Crippen LogP contribution in [0.1, 0.15) is 42.6 Å². The highest BCUT2D eigenvalue weighted by atomic mass is 16.6. The number of anilines is 1. The zero-order valence-electron chi connectivity index (χ0n) is 26.7. The highest BCUT2D eigenvalue weighted by molar-refractivity contribution is 6.06. The van der Waals surface area contributed by atoms with Crippen LogP contribution in [0.25, 0.3) is 0 Å². The number of aryl methyl sites for hydroxylation is 2. The Morgan fingerprint density at radius 3 is 2.37 bits per heavy atom. The third-order valence-corrected chi connectivity index (χ3v) is 9.98. The summed E-state index contributed by atoms with van der Waals surface area (Å²) in [6.45, 7) is 5.50. The molecule has 0 bridgehead atoms. The molecule has 4 aliphatic rings. The normalized spacial score (nSPS) is 32.2. The molecule has 10 nitrogen and oxygen atoms in total. The third kappa shape index (κ3) is 5.13. The predicted octanol–water partition coefficient (Wildman–Crippen LogP) is 3.26. The van der Waals surface area contributed by atoms with Gasteiger partial charge in [-0.15, -0.1) is 0 Å². The first-order valence-electron chi connectivity index (χ1n) is 15.9. The van der Waals surface area contributed by atoms with Gasteiger partial charge in [0.1, 0.15) is 23.7 Å². The summed E-state index contributed by atoms with van der Waals surface area (Å²) in [4.78, 5) is 61.2. The van der Waals surface area contributed by atoms with Crippen LogP contribution >= 0.6 is 0 Å². The summed E-state index contributed by atoms with van der Waals surface area (Å²) in [6.07, 6.45) is 6.08. The van der Waals surface area contributed by atoms with Crippen molar-refractivity contribution in [2.75, 3.05) is 31.6 Å². The number of esters is 1. The van der Waals surface area contributed by atoms with Crippen LogP contribution in [0, 0.1) is 25.7 Å². The minimum absolute atomic E-state index is 0.0900. The quantitative estimate of drug-likeness (QED) is 0.409. The fourth-order valence-electron chi connectivity index (χ4n) is 7.67. The lowest BCUT2D eigenvalue weighted by molar-refractivity contribution is -0.164. The molecule has 6 rings (SSSR count). The molecule has 2 saturated heterocycles. The van der Waals surface area contributed by atoms with Gasteiger partial charge in [-0.3, -0.25) is 19.2 Å². The molecule has 3 amide bonds. The van der Waals surface area contributed by atoms with Crippen molar-refractivity contribution >= 4 is 29.4 Å². The number of rotatable bonds is 4. The number of aliphatic hydroxyl groups is 1. The number of benzene rings is 2. The summed E-state index contributed by atoms with van der Waals surface area (Å²) in [5, 5.41) is 10.0. The van der Waals surface area contributed by atoms with Crippen LogP contribution in [0.2, 0.25) is 0 Å². The van der Waals surface area contributed by atoms with Gasteiger partial charge in [-0.2, -0.15) is 0 Å². The molecule has 0 aliphatic carbocycles. The monoisotopic (exact) mass is 627 g/mol. The Morgan fingerprint density at radius 1 is 0.957 bits per heavy atom. The highest BCUT2D eigenvalue weighted by Gasteiger charge is 2.72. The van der Waals surface area contributed by atoms with Gasteiger partial charge >= 0.3 is 5.97 Å². The lowest BCUT2D eigenvalue weighted by Crippen LogP contribution is -2.56. The number of hydrogen-bond acceptors (Lipinski definition) is 7. The van der Waals surface area contributed by atoms with Gasteiger partial charge in [-0.1, -0.05) is 72.8 Å². The molecule has 0 radical (unpaired) electrons. The third-order valence-electron chi connectivity index (χ3n) is 9.98. The van der Waals surface area contributed by atoms with Gasteiger partial charge in [0.2, 0.25) is 11.8 Å². The number of cyclic esters (lactones) is 1. The molecule has 2 fully saturated rings. The maximum atomic E-state index is 14.6. The number of allylic oxidation sites excluding steroid dienone is 1. The van der Waals surface area contributed by atoms with Crippen LogP contribution in [0.15, 0.2) is 72.8 Å². The van der Waals surface area contributed by atoms with E-state index in [0.717, 1.165) is 16.8 Å². The second-order valence-electron chi connectivity index (χ2n) is 12.7. The van der Waals surface area contributed by atoms with Crippen molar-refractivity contribution in [2.24, 2.45) is 11.8 Å². The topological polar surface area (TPSA) is 117 Å². The Morgan fingerprint density at radius 2 is 1.67 bits per heavy atom. The minimum Gasteiger partial charge on any atom is -0.455 e. The highest BCUT2D eigenvalue weighted by Crippen LogP contribution is 2.53. The summed E-state index contributed by atoms with van der Waals surface area (Å²) >= 11 is 0. The van der Waals surface area contributed by atoms with Gasteiger partial charge in [-0.05, 0) is 43.9 Å². The Balaban J connectivity index is 1.45. The maximum Gasteiger partial charge on any atom is 0.313 e. The van der Waals surface area contributed by atoms with Crippen LogP contribution in [0.3, 0.4) is 0 Å². The van der Waals surface area contributed by atoms with E-state index in [0.29, 0.717) is 12.0 Å². The van der Waals surface area contributed by atoms with E-state index in [1.807, 2.05) is 75.4 Å². The summed E-state index contributed by atoms with van der Waals surface area (Å²) in [6, 6.07) is 13.4. The van der Waals surface area contributed by atoms with E-state index in [2.05, 4.69) is 0 Å². The molecular weight excluding hydrogens is 586 g/mol. The average molecular weight is 628 g/mol. The SMILES string of the molecule is Cc1cccc(C)c1N1CC=C[C@@]23O[C@H]4/C=C\CCC(=O)N(C)[C@@H](C)[C@H](c5ccccc5)OC(=O)[C@H]4[C@@H]2C(=O)N(CCO)[C@H]3C1=O. The average Bonchev–Trinajstić information content (AvgIpc) is 3.42. The molecular formula is C36H41N3O7. The van der Waals surface area contributed by atoms with Crippen LogP contribution in [-0.2, 0) is 28.7 Å². The number of aliphatic hydroxyl groups excluding tert-OH is 1. The molecule has 1 spiro atoms. The molecule has 10 heteroatoms. The molecule has 4 aliphatic heterocycles. The number of hydrogen-bond donors (Lipinski definition) is 1. The van der Waals surface area contributed by atoms with Gasteiger partial charge in [0, 0.05) is 32.2 Å². The largest absolute Gasteiger partial charge is 0.455 e. The molecule has 46 heavy (non-hydrogen) atoms. The summed E-state index contributed by atoms with van der Waals surface area (Å²) in [5.74, 6) is -3.66. The van der Waals surface area contributed by atoms with E-state index in [4.69, 9.17) is 9.47 Å². The number of carbonyl (C=O) groups excluding carboxylic acids is 4. The molecule has 0 aromatic heterocycles. The second-order valence-corrected chi connectivity index (χ2v) is 12.7. The Hall–Kier alpha value is -4.28. The van der Waals surface area contributed by atoms with E-state index >= 15 is 0 Å². The summed E-state index contributed by atoms with van der Waals surface area (Å²) in [7, 11) is 1.70. The van der Waals surface area contributed by atoms with Crippen LogP contribution in [0.5, 0.6) is 0 Å². The van der Waals surface area contributed by atoms with Crippen LogP contribution < -0.4 is 4.90 Å². The van der Waals surface area contributed by atoms with Crippen molar-refractivity contribution in [1.82, 2.24) is 9.80 Å². The number of nitrogens with zero attached hydrogens (tertiary/aromatic N) is 3. The van der Waals surface area contributed by atoms with Gasteiger partial charge in [0.25, 0.3) is 5.91 Å². The fourth-order valence-corrected chi connectivity index (χ4v) is 7.67. The number of likely N-dealkylation sites (tertiary alicyclic amines) is 1. The first-order chi connectivity index (χ1) is 22.1. The number of para-hydroxylation sites is 1. The standard InChI is InChI=1S/C36H41N3O7/c1-22-12-10-13-23(2)30(22)38-19-11-18-36-29(33(42)39(20-21-40)32(36)34(38)43)28-26(46-36)16-8-9-17-27(41)37(4)24(3)31(45-35(28)44)25-14-6-5-7-15-25/h5-8,10-16,18,24,26,28-29,31-32,40H,9,17,19-21H2,1-4H3/b16-8-/t24-,26-,28+,29+,31+,32-,36+/m0/s1. The first kappa shape index (κ1) is 31.7. The second kappa shape index (κ2) is 12.5. The smallest absolute Gasteiger partial charge is 0.313 e. The van der Waals surface area contributed by atoms with E-state index in [-0.39, 0.29) is 37.9 Å². The summed E-state index contributed by atoms with van der Waals surface area (Å²) in [5.41, 5.74) is 1.81. The number of likely N-dealkylation sites (N-methyl/N-ethyl adjacent to an activating group) is 1. The lowest BCUT2D eigenvalue weighted by atomic mass is 9.77. The number of β-amino-alcohol motifs (C(OH)–C–C–N with tert-alkyl or cyclic N) is 1. The lowest BCUT2D eigenvalue weighted by Gasteiger charge is -2.36. The van der Waals surface area contributed by atoms with Gasteiger partial charge in [0.05, 0.1) is 24.7 Å².